The number of nitrogens with zero attached hydrogens (tertiary/aromatic N) is 2. The summed E-state index contributed by atoms with van der Waals surface area (Å²) in [6.07, 6.45) is 0. The van der Waals surface area contributed by atoms with Crippen LogP contribution in [0.3, 0.4) is 0 Å². The van der Waals surface area contributed by atoms with Gasteiger partial charge in [-0.3, -0.25) is 0 Å². The van der Waals surface area contributed by atoms with Crippen LogP contribution in [0.4, 0.5) is 17.1 Å². The van der Waals surface area contributed by atoms with Gasteiger partial charge in [-0.05, 0) is 70.6 Å². The Balaban J connectivity index is 1.36. The van der Waals surface area contributed by atoms with Gasteiger partial charge in [0.2, 0.25) is 0 Å². The number of benzene rings is 7. The second kappa shape index (κ2) is 8.95. The Morgan fingerprint density at radius 1 is 0.381 bits per heavy atom. The molecule has 0 fully saturated rings. The summed E-state index contributed by atoms with van der Waals surface area (Å²) in [5, 5.41) is 5.09. The van der Waals surface area contributed by atoms with Gasteiger partial charge in [-0.15, -0.1) is 0 Å². The van der Waals surface area contributed by atoms with E-state index in [4.69, 9.17) is 0 Å². The molecule has 0 atom stereocenters. The van der Waals surface area contributed by atoms with E-state index in [-0.39, 0.29) is 0 Å². The number of rotatable bonds is 3. The van der Waals surface area contributed by atoms with E-state index in [0.29, 0.717) is 0 Å². The zero-order chi connectivity index (χ0) is 27.6. The molecular formula is C40H26N2. The maximum atomic E-state index is 2.45. The summed E-state index contributed by atoms with van der Waals surface area (Å²) < 4.78 is 2.41. The van der Waals surface area contributed by atoms with Crippen molar-refractivity contribution in [2.45, 2.75) is 0 Å². The Morgan fingerprint density at radius 2 is 1.07 bits per heavy atom. The normalized spacial score (nSPS) is 12.2. The maximum Gasteiger partial charge on any atom is 0.0562 e. The van der Waals surface area contributed by atoms with E-state index < -0.39 is 0 Å². The van der Waals surface area contributed by atoms with E-state index in [2.05, 4.69) is 167 Å². The van der Waals surface area contributed by atoms with Crippen LogP contribution in [0.2, 0.25) is 0 Å². The van der Waals surface area contributed by atoms with Crippen molar-refractivity contribution in [3.63, 3.8) is 0 Å². The monoisotopic (exact) mass is 534 g/mol. The molecule has 0 spiro atoms. The maximum absolute atomic E-state index is 2.45. The minimum absolute atomic E-state index is 1.15. The van der Waals surface area contributed by atoms with Crippen molar-refractivity contribution in [3.8, 4) is 27.9 Å². The lowest BCUT2D eigenvalue weighted by Crippen LogP contribution is -2.15. The first-order valence-corrected chi connectivity index (χ1v) is 14.5. The smallest absolute Gasteiger partial charge is 0.0562 e. The summed E-state index contributed by atoms with van der Waals surface area (Å²) in [6.45, 7) is 0. The standard InChI is InChI=1S/C40H26N2/c1-3-11-27(12-4-1)28-21-23-31(24-22-28)42-37-20-10-14-29-13-9-18-33(40(29)37)35-25-34-32-17-7-8-19-36(32)41(38(34)26-39(35)42)30-15-5-2-6-16-30/h1-26H. The lowest BCUT2D eigenvalue weighted by atomic mass is 9.89. The topological polar surface area (TPSA) is 8.17 Å². The van der Waals surface area contributed by atoms with Gasteiger partial charge < -0.3 is 9.47 Å². The van der Waals surface area contributed by atoms with Crippen molar-refractivity contribution in [2.75, 3.05) is 4.90 Å². The summed E-state index contributed by atoms with van der Waals surface area (Å²) in [6, 6.07) is 57.2. The lowest BCUT2D eigenvalue weighted by molar-refractivity contribution is 1.18. The summed E-state index contributed by atoms with van der Waals surface area (Å²) in [4.78, 5) is 2.45. The fourth-order valence-corrected chi connectivity index (χ4v) is 6.83. The highest BCUT2D eigenvalue weighted by Crippen LogP contribution is 2.52. The third-order valence-electron chi connectivity index (χ3n) is 8.69. The Hall–Kier alpha value is -5.60. The van der Waals surface area contributed by atoms with E-state index in [9.17, 15) is 0 Å². The van der Waals surface area contributed by atoms with Crippen molar-refractivity contribution in [1.82, 2.24) is 4.57 Å². The van der Waals surface area contributed by atoms with Crippen molar-refractivity contribution in [2.24, 2.45) is 0 Å². The van der Waals surface area contributed by atoms with Gasteiger partial charge in [0.25, 0.3) is 0 Å². The van der Waals surface area contributed by atoms with E-state index >= 15 is 0 Å². The molecule has 1 aliphatic rings. The zero-order valence-corrected chi connectivity index (χ0v) is 22.9. The largest absolute Gasteiger partial charge is 0.309 e. The molecule has 7 aromatic carbocycles. The molecule has 2 nitrogen and oxygen atoms in total. The van der Waals surface area contributed by atoms with Crippen LogP contribution >= 0.6 is 0 Å². The molecule has 196 valence electrons. The van der Waals surface area contributed by atoms with Crippen molar-refractivity contribution in [3.05, 3.63) is 158 Å². The predicted molar refractivity (Wildman–Crippen MR) is 177 cm³/mol. The van der Waals surface area contributed by atoms with Crippen LogP contribution in [-0.2, 0) is 0 Å². The summed E-state index contributed by atoms with van der Waals surface area (Å²) in [5.41, 5.74) is 12.1. The van der Waals surface area contributed by atoms with Gasteiger partial charge in [0.05, 0.1) is 22.4 Å². The molecule has 0 saturated heterocycles. The summed E-state index contributed by atoms with van der Waals surface area (Å²) in [7, 11) is 0. The van der Waals surface area contributed by atoms with E-state index in [0.717, 1.165) is 5.69 Å². The number of hydrogen-bond donors (Lipinski definition) is 0. The van der Waals surface area contributed by atoms with Crippen LogP contribution in [0.25, 0.3) is 60.5 Å². The van der Waals surface area contributed by atoms with Gasteiger partial charge in [-0.25, -0.2) is 0 Å². The number of aromatic nitrogens is 1. The van der Waals surface area contributed by atoms with Crippen LogP contribution in [-0.4, -0.2) is 4.57 Å². The molecule has 2 heterocycles. The molecule has 1 aliphatic heterocycles. The molecule has 9 rings (SSSR count). The highest BCUT2D eigenvalue weighted by atomic mass is 15.2. The molecule has 42 heavy (non-hydrogen) atoms. The average Bonchev–Trinajstić information content (AvgIpc) is 3.38. The fourth-order valence-electron chi connectivity index (χ4n) is 6.83. The van der Waals surface area contributed by atoms with Gasteiger partial charge in [0, 0.05) is 33.1 Å². The molecule has 0 amide bonds. The van der Waals surface area contributed by atoms with Crippen molar-refractivity contribution >= 4 is 49.6 Å². The van der Waals surface area contributed by atoms with Gasteiger partial charge in [-0.2, -0.15) is 0 Å². The van der Waals surface area contributed by atoms with E-state index in [1.807, 2.05) is 0 Å². The third-order valence-corrected chi connectivity index (χ3v) is 8.69. The average molecular weight is 535 g/mol. The van der Waals surface area contributed by atoms with Crippen LogP contribution in [0.1, 0.15) is 0 Å². The molecular weight excluding hydrogens is 508 g/mol. The third kappa shape index (κ3) is 3.33. The van der Waals surface area contributed by atoms with Crippen molar-refractivity contribution in [1.29, 1.82) is 0 Å². The highest BCUT2D eigenvalue weighted by molar-refractivity contribution is 6.19. The Morgan fingerprint density at radius 3 is 1.88 bits per heavy atom. The second-order valence-electron chi connectivity index (χ2n) is 11.0. The first kappa shape index (κ1) is 23.1. The summed E-state index contributed by atoms with van der Waals surface area (Å²) in [5.74, 6) is 0. The quantitative estimate of drug-likeness (QED) is 0.219. The van der Waals surface area contributed by atoms with Crippen LogP contribution in [0.15, 0.2) is 158 Å². The molecule has 0 N–H and O–H groups in total. The molecule has 0 radical (unpaired) electrons. The van der Waals surface area contributed by atoms with Gasteiger partial charge in [0.1, 0.15) is 0 Å². The number of hydrogen-bond acceptors (Lipinski definition) is 1. The fraction of sp³-hybridized carbons (Fsp3) is 0. The van der Waals surface area contributed by atoms with Crippen molar-refractivity contribution < 1.29 is 0 Å². The van der Waals surface area contributed by atoms with Crippen LogP contribution < -0.4 is 4.90 Å². The Bertz CT molecular complexity index is 2270. The number of fused-ring (bicyclic) bond motifs is 5. The Labute approximate surface area is 244 Å². The van der Waals surface area contributed by atoms with E-state index in [1.54, 1.807) is 0 Å². The molecule has 0 bridgehead atoms. The Kier molecular flexibility index (Phi) is 4.93. The van der Waals surface area contributed by atoms with Gasteiger partial charge in [-0.1, -0.05) is 109 Å². The minimum atomic E-state index is 1.15. The molecule has 0 aliphatic carbocycles. The molecule has 0 saturated carbocycles. The SMILES string of the molecule is c1ccc(-c2ccc(N3c4cc5c(cc4-c4cccc6cccc3c46)c3ccccc3n5-c3ccccc3)cc2)cc1. The van der Waals surface area contributed by atoms with Gasteiger partial charge in [0.15, 0.2) is 0 Å². The predicted octanol–water partition coefficient (Wildman–Crippen LogP) is 11.1. The molecule has 1 aromatic heterocycles. The minimum Gasteiger partial charge on any atom is -0.309 e. The summed E-state index contributed by atoms with van der Waals surface area (Å²) >= 11 is 0. The van der Waals surface area contributed by atoms with Gasteiger partial charge >= 0.3 is 0 Å². The van der Waals surface area contributed by atoms with Crippen LogP contribution in [0, 0.1) is 0 Å². The second-order valence-corrected chi connectivity index (χ2v) is 11.0. The number of anilines is 3. The number of para-hydroxylation sites is 2. The molecule has 2 heteroatoms. The van der Waals surface area contributed by atoms with Crippen LogP contribution in [0.5, 0.6) is 0 Å². The molecule has 8 aromatic rings. The first-order chi connectivity index (χ1) is 20.8. The molecule has 0 unspecified atom stereocenters. The highest BCUT2D eigenvalue weighted by Gasteiger charge is 2.28. The first-order valence-electron chi connectivity index (χ1n) is 14.5. The zero-order valence-electron chi connectivity index (χ0n) is 22.9. The van der Waals surface area contributed by atoms with E-state index in [1.165, 1.54) is 71.9 Å². The lowest BCUT2D eigenvalue weighted by Gasteiger charge is -2.34.